The van der Waals surface area contributed by atoms with Crippen LogP contribution in [0, 0.1) is 12.0 Å². The van der Waals surface area contributed by atoms with Gasteiger partial charge >= 0.3 is 0 Å². The van der Waals surface area contributed by atoms with Gasteiger partial charge in [-0.15, -0.1) is 0 Å². The highest BCUT2D eigenvalue weighted by molar-refractivity contribution is 5.97. The molecule has 5 N–H and O–H groups in total. The second-order valence-corrected chi connectivity index (χ2v) is 6.45. The number of carbonyl (C=O) groups is 2. The van der Waals surface area contributed by atoms with Crippen molar-refractivity contribution in [3.05, 3.63) is 35.4 Å². The van der Waals surface area contributed by atoms with E-state index in [4.69, 9.17) is 9.94 Å². The van der Waals surface area contributed by atoms with E-state index >= 15 is 0 Å². The van der Waals surface area contributed by atoms with Gasteiger partial charge in [0.15, 0.2) is 5.60 Å². The van der Waals surface area contributed by atoms with Gasteiger partial charge in [-0.3, -0.25) is 20.2 Å². The summed E-state index contributed by atoms with van der Waals surface area (Å²) in [6.45, 7) is 3.33. The number of carbonyl (C=O) groups excluding carboxylic acids is 2. The van der Waals surface area contributed by atoms with Gasteiger partial charge in [-0.2, -0.15) is 0 Å². The molecule has 158 valence electrons. The van der Waals surface area contributed by atoms with Crippen LogP contribution in [0.3, 0.4) is 0 Å². The summed E-state index contributed by atoms with van der Waals surface area (Å²) >= 11 is 0. The molecule has 1 fully saturated rings. The van der Waals surface area contributed by atoms with E-state index in [9.17, 15) is 23.5 Å². The predicted octanol–water partition coefficient (Wildman–Crippen LogP) is -0.548. The standard InChI is InChI=1S/C18H22F2N4O5/c1-18(27,17(19)20)14(16(26)23-28)22-15(25)13-4-2-12(3-5-13)6-7-21-24-8-10-29-11-9-24/h2-5,14,17,21,27-28H,8-11H2,1H3,(H,22,25)(H,23,26). The topological polar surface area (TPSA) is 123 Å². The average molecular weight is 412 g/mol. The minimum atomic E-state index is -3.35. The zero-order valence-electron chi connectivity index (χ0n) is 15.6. The second-order valence-electron chi connectivity index (χ2n) is 6.45. The van der Waals surface area contributed by atoms with Gasteiger partial charge in [0.2, 0.25) is 0 Å². The molecule has 1 heterocycles. The van der Waals surface area contributed by atoms with E-state index < -0.39 is 29.9 Å². The number of benzene rings is 1. The monoisotopic (exact) mass is 412 g/mol. The number of morpholine rings is 1. The summed E-state index contributed by atoms with van der Waals surface area (Å²) in [5, 5.41) is 22.4. The van der Waals surface area contributed by atoms with Gasteiger partial charge in [-0.1, -0.05) is 0 Å². The molecule has 29 heavy (non-hydrogen) atoms. The molecule has 2 unspecified atom stereocenters. The first kappa shape index (κ1) is 22.5. The number of alkyl halides is 2. The zero-order valence-corrected chi connectivity index (χ0v) is 15.6. The van der Waals surface area contributed by atoms with E-state index in [0.29, 0.717) is 38.8 Å². The van der Waals surface area contributed by atoms with E-state index in [0.717, 1.165) is 5.48 Å². The summed E-state index contributed by atoms with van der Waals surface area (Å²) in [5.74, 6) is 0.595. The first-order valence-electron chi connectivity index (χ1n) is 8.70. The van der Waals surface area contributed by atoms with Crippen LogP contribution in [0.1, 0.15) is 22.8 Å². The maximum Gasteiger partial charge on any atom is 0.269 e. The molecule has 0 saturated carbocycles. The average Bonchev–Trinajstić information content (AvgIpc) is 2.72. The van der Waals surface area contributed by atoms with E-state index in [1.165, 1.54) is 24.3 Å². The number of hydroxylamine groups is 1. The molecule has 0 radical (unpaired) electrons. The van der Waals surface area contributed by atoms with Crippen molar-refractivity contribution >= 4 is 11.8 Å². The van der Waals surface area contributed by atoms with Crippen LogP contribution >= 0.6 is 0 Å². The Morgan fingerprint density at radius 3 is 2.41 bits per heavy atom. The Morgan fingerprint density at radius 2 is 1.86 bits per heavy atom. The Morgan fingerprint density at radius 1 is 1.24 bits per heavy atom. The third kappa shape index (κ3) is 6.10. The van der Waals surface area contributed by atoms with Gasteiger partial charge in [0.05, 0.1) is 13.2 Å². The molecule has 1 aromatic carbocycles. The molecule has 2 amide bonds. The number of hydrazine groups is 1. The molecule has 1 aliphatic rings. The Hall–Kier alpha value is -2.78. The Kier molecular flexibility index (Phi) is 7.86. The number of nitrogens with zero attached hydrogens (tertiary/aromatic N) is 1. The lowest BCUT2D eigenvalue weighted by Gasteiger charge is -2.30. The van der Waals surface area contributed by atoms with Gasteiger partial charge in [0, 0.05) is 30.3 Å². The smallest absolute Gasteiger partial charge is 0.269 e. The molecule has 0 aromatic heterocycles. The fourth-order valence-corrected chi connectivity index (χ4v) is 2.44. The molecule has 0 spiro atoms. The number of ether oxygens (including phenoxy) is 1. The fraction of sp³-hybridized carbons (Fsp3) is 0.444. The van der Waals surface area contributed by atoms with Gasteiger partial charge < -0.3 is 15.2 Å². The van der Waals surface area contributed by atoms with E-state index in [1.54, 1.807) is 0 Å². The summed E-state index contributed by atoms with van der Waals surface area (Å²) < 4.78 is 31.3. The lowest BCUT2D eigenvalue weighted by Crippen LogP contribution is -2.61. The van der Waals surface area contributed by atoms with Crippen molar-refractivity contribution in [2.24, 2.45) is 0 Å². The summed E-state index contributed by atoms with van der Waals surface area (Å²) in [7, 11) is 0. The van der Waals surface area contributed by atoms with E-state index in [1.807, 2.05) is 10.3 Å². The minimum Gasteiger partial charge on any atom is -0.381 e. The van der Waals surface area contributed by atoms with Crippen LogP contribution in [-0.2, 0) is 9.53 Å². The zero-order chi connectivity index (χ0) is 21.4. The molecular formula is C18H22F2N4O5. The van der Waals surface area contributed by atoms with Crippen LogP contribution in [0.2, 0.25) is 0 Å². The van der Waals surface area contributed by atoms with Crippen molar-refractivity contribution in [1.82, 2.24) is 21.2 Å². The van der Waals surface area contributed by atoms with Crippen LogP contribution in [0.25, 0.3) is 0 Å². The van der Waals surface area contributed by atoms with Crippen LogP contribution in [0.15, 0.2) is 24.3 Å². The van der Waals surface area contributed by atoms with Gasteiger partial charge in [0.1, 0.15) is 6.04 Å². The first-order valence-corrected chi connectivity index (χ1v) is 8.70. The quantitative estimate of drug-likeness (QED) is 0.184. The third-order valence-electron chi connectivity index (χ3n) is 4.25. The van der Waals surface area contributed by atoms with E-state index in [2.05, 4.69) is 17.4 Å². The maximum absolute atomic E-state index is 13.0. The minimum absolute atomic E-state index is 0.0532. The van der Waals surface area contributed by atoms with Crippen molar-refractivity contribution in [1.29, 1.82) is 0 Å². The molecule has 2 rings (SSSR count). The molecule has 2 atom stereocenters. The number of amides is 2. The van der Waals surface area contributed by atoms with Crippen LogP contribution in [0.4, 0.5) is 8.78 Å². The van der Waals surface area contributed by atoms with E-state index in [-0.39, 0.29) is 5.56 Å². The summed E-state index contributed by atoms with van der Waals surface area (Å²) in [4.78, 5) is 23.9. The number of nitrogens with one attached hydrogen (secondary N) is 3. The van der Waals surface area contributed by atoms with Crippen LogP contribution in [-0.4, -0.2) is 71.5 Å². The number of hydrogen-bond donors (Lipinski definition) is 5. The lowest BCUT2D eigenvalue weighted by atomic mass is 9.95. The third-order valence-corrected chi connectivity index (χ3v) is 4.25. The molecular weight excluding hydrogens is 390 g/mol. The molecule has 11 heteroatoms. The van der Waals surface area contributed by atoms with Gasteiger partial charge in [-0.25, -0.2) is 19.3 Å². The van der Waals surface area contributed by atoms with Crippen molar-refractivity contribution in [3.63, 3.8) is 0 Å². The molecule has 1 aromatic rings. The second kappa shape index (κ2) is 10.1. The van der Waals surface area contributed by atoms with Crippen molar-refractivity contribution in [2.75, 3.05) is 26.3 Å². The molecule has 1 saturated heterocycles. The molecule has 1 aliphatic heterocycles. The van der Waals surface area contributed by atoms with Gasteiger partial charge in [-0.05, 0) is 37.1 Å². The number of aliphatic hydroxyl groups is 1. The normalized spacial score (nSPS) is 17.4. The fourth-order valence-electron chi connectivity index (χ4n) is 2.44. The predicted molar refractivity (Wildman–Crippen MR) is 96.7 cm³/mol. The van der Waals surface area contributed by atoms with Gasteiger partial charge in [0.25, 0.3) is 18.2 Å². The summed E-state index contributed by atoms with van der Waals surface area (Å²) in [5.41, 5.74) is 1.84. The molecule has 0 bridgehead atoms. The first-order chi connectivity index (χ1) is 13.8. The largest absolute Gasteiger partial charge is 0.381 e. The van der Waals surface area contributed by atoms with Crippen molar-refractivity contribution in [3.8, 4) is 12.0 Å². The highest BCUT2D eigenvalue weighted by Crippen LogP contribution is 2.20. The van der Waals surface area contributed by atoms with Crippen molar-refractivity contribution in [2.45, 2.75) is 25.0 Å². The number of hydrogen-bond acceptors (Lipinski definition) is 7. The highest BCUT2D eigenvalue weighted by atomic mass is 19.3. The highest BCUT2D eigenvalue weighted by Gasteiger charge is 2.46. The lowest BCUT2D eigenvalue weighted by molar-refractivity contribution is -0.149. The summed E-state index contributed by atoms with van der Waals surface area (Å²) in [6.07, 6.45) is -3.35. The Bertz CT molecular complexity index is 771. The van der Waals surface area contributed by atoms with Crippen LogP contribution < -0.4 is 16.2 Å². The Balaban J connectivity index is 2.02. The SMILES string of the molecule is CC(O)(C(F)F)C(NC(=O)c1ccc(C#CNN2CCOCC2)cc1)C(=O)NO. The molecule has 9 nitrogen and oxygen atoms in total. The maximum atomic E-state index is 13.0. The number of halogens is 2. The van der Waals surface area contributed by atoms with Crippen LogP contribution in [0.5, 0.6) is 0 Å². The van der Waals surface area contributed by atoms with Crippen molar-refractivity contribution < 1.29 is 33.4 Å². The Labute approximate surface area is 165 Å². The number of rotatable bonds is 6. The summed E-state index contributed by atoms with van der Waals surface area (Å²) in [6, 6.07) is 6.56. The molecule has 0 aliphatic carbocycles.